The number of hydrogen-bond acceptors (Lipinski definition) is 2. The van der Waals surface area contributed by atoms with Gasteiger partial charge in [-0.25, -0.2) is 0 Å². The Hall–Kier alpha value is -0.960. The fraction of sp³-hybridized carbons (Fsp3) is 0.231. The molecule has 0 saturated heterocycles. The molecule has 2 aromatic rings. The average molecular weight is 268 g/mol. The van der Waals surface area contributed by atoms with Gasteiger partial charge in [0.1, 0.15) is 5.76 Å². The molecule has 0 unspecified atom stereocenters. The average Bonchev–Trinajstić information content (AvgIpc) is 2.74. The van der Waals surface area contributed by atoms with Gasteiger partial charge in [-0.3, -0.25) is 0 Å². The molecule has 0 amide bonds. The summed E-state index contributed by atoms with van der Waals surface area (Å²) >= 11 is 12.2. The number of hydrogen-bond donors (Lipinski definition) is 1. The summed E-state index contributed by atoms with van der Waals surface area (Å²) in [5, 5.41) is 6.48. The van der Waals surface area contributed by atoms with E-state index < -0.39 is 0 Å². The van der Waals surface area contributed by atoms with Crippen molar-refractivity contribution >= 4 is 39.5 Å². The second-order valence-electron chi connectivity index (χ2n) is 4.10. The lowest BCUT2D eigenvalue weighted by molar-refractivity contribution is 0.551. The van der Waals surface area contributed by atoms with E-state index in [0.717, 1.165) is 36.0 Å². The monoisotopic (exact) mass is 267 g/mol. The van der Waals surface area contributed by atoms with Gasteiger partial charge in [-0.15, -0.1) is 0 Å². The molecule has 4 heteroatoms. The van der Waals surface area contributed by atoms with E-state index in [-0.39, 0.29) is 0 Å². The van der Waals surface area contributed by atoms with Crippen LogP contribution >= 0.6 is 23.2 Å². The van der Waals surface area contributed by atoms with Gasteiger partial charge in [0.15, 0.2) is 0 Å². The van der Waals surface area contributed by atoms with Crippen LogP contribution in [0.3, 0.4) is 0 Å². The lowest BCUT2D eigenvalue weighted by Gasteiger charge is -2.12. The molecule has 1 aliphatic heterocycles. The quantitative estimate of drug-likeness (QED) is 0.841. The summed E-state index contributed by atoms with van der Waals surface area (Å²) in [4.78, 5) is 0. The molecular formula is C13H11Cl2NO. The lowest BCUT2D eigenvalue weighted by atomic mass is 10.0. The Labute approximate surface area is 109 Å². The van der Waals surface area contributed by atoms with Crippen molar-refractivity contribution in [3.8, 4) is 0 Å². The molecule has 1 aromatic heterocycles. The minimum absolute atomic E-state index is 0.633. The van der Waals surface area contributed by atoms with Crippen LogP contribution in [0.15, 0.2) is 28.9 Å². The summed E-state index contributed by atoms with van der Waals surface area (Å²) < 4.78 is 5.65. The number of benzene rings is 1. The van der Waals surface area contributed by atoms with E-state index in [1.807, 2.05) is 6.07 Å². The van der Waals surface area contributed by atoms with Crippen molar-refractivity contribution in [1.29, 1.82) is 0 Å². The molecule has 0 saturated carbocycles. The van der Waals surface area contributed by atoms with E-state index in [4.69, 9.17) is 27.6 Å². The molecule has 88 valence electrons. The highest BCUT2D eigenvalue weighted by Gasteiger charge is 2.16. The molecule has 0 atom stereocenters. The first kappa shape index (κ1) is 11.1. The van der Waals surface area contributed by atoms with E-state index in [0.29, 0.717) is 10.0 Å². The van der Waals surface area contributed by atoms with Crippen molar-refractivity contribution in [1.82, 2.24) is 5.32 Å². The zero-order valence-electron chi connectivity index (χ0n) is 9.09. The largest absolute Gasteiger partial charge is 0.463 e. The fourth-order valence-electron chi connectivity index (χ4n) is 2.17. The van der Waals surface area contributed by atoms with Crippen molar-refractivity contribution in [2.45, 2.75) is 6.42 Å². The Morgan fingerprint density at radius 1 is 1.24 bits per heavy atom. The Morgan fingerprint density at radius 2 is 2.12 bits per heavy atom. The number of furan rings is 1. The summed E-state index contributed by atoms with van der Waals surface area (Å²) in [7, 11) is 0. The smallest absolute Gasteiger partial charge is 0.138 e. The summed E-state index contributed by atoms with van der Waals surface area (Å²) in [6.45, 7) is 1.85. The maximum absolute atomic E-state index is 6.24. The van der Waals surface area contributed by atoms with Crippen LogP contribution in [-0.4, -0.2) is 13.1 Å². The van der Waals surface area contributed by atoms with Crippen molar-refractivity contribution in [2.75, 3.05) is 13.1 Å². The molecule has 2 nitrogen and oxygen atoms in total. The summed E-state index contributed by atoms with van der Waals surface area (Å²) in [5.41, 5.74) is 1.21. The maximum atomic E-state index is 6.24. The Bertz CT molecular complexity index is 601. The first-order chi connectivity index (χ1) is 8.25. The van der Waals surface area contributed by atoms with Gasteiger partial charge in [0.25, 0.3) is 0 Å². The first-order valence-electron chi connectivity index (χ1n) is 5.52. The number of fused-ring (bicyclic) bond motifs is 1. The molecule has 0 spiro atoms. The SMILES string of the molecule is Clc1cc(Cl)c2c(C3=CCNCC3)occ2c1. The molecule has 1 aromatic carbocycles. The molecule has 1 N–H and O–H groups in total. The lowest BCUT2D eigenvalue weighted by Crippen LogP contribution is -2.19. The van der Waals surface area contributed by atoms with Gasteiger partial charge >= 0.3 is 0 Å². The molecule has 0 aliphatic carbocycles. The highest BCUT2D eigenvalue weighted by Crippen LogP contribution is 2.36. The third-order valence-corrected chi connectivity index (χ3v) is 3.49. The molecule has 0 bridgehead atoms. The topological polar surface area (TPSA) is 25.2 Å². The molecular weight excluding hydrogens is 257 g/mol. The molecule has 2 heterocycles. The minimum atomic E-state index is 0.633. The molecule has 0 fully saturated rings. The van der Waals surface area contributed by atoms with Gasteiger partial charge in [-0.05, 0) is 30.7 Å². The van der Waals surface area contributed by atoms with Crippen LogP contribution in [0.1, 0.15) is 12.2 Å². The van der Waals surface area contributed by atoms with E-state index in [1.54, 1.807) is 12.3 Å². The Morgan fingerprint density at radius 3 is 2.88 bits per heavy atom. The van der Waals surface area contributed by atoms with E-state index in [9.17, 15) is 0 Å². The normalized spacial score (nSPS) is 16.2. The second kappa shape index (κ2) is 4.37. The van der Waals surface area contributed by atoms with Crippen LogP contribution in [0.4, 0.5) is 0 Å². The van der Waals surface area contributed by atoms with Crippen LogP contribution in [0.5, 0.6) is 0 Å². The maximum Gasteiger partial charge on any atom is 0.138 e. The van der Waals surface area contributed by atoms with Crippen molar-refractivity contribution in [3.05, 3.63) is 40.3 Å². The van der Waals surface area contributed by atoms with Gasteiger partial charge in [-0.1, -0.05) is 29.3 Å². The second-order valence-corrected chi connectivity index (χ2v) is 4.94. The molecule has 0 radical (unpaired) electrons. The highest BCUT2D eigenvalue weighted by atomic mass is 35.5. The van der Waals surface area contributed by atoms with Gasteiger partial charge in [-0.2, -0.15) is 0 Å². The van der Waals surface area contributed by atoms with Gasteiger partial charge in [0.2, 0.25) is 0 Å². The van der Waals surface area contributed by atoms with Crippen LogP contribution in [0.2, 0.25) is 10.0 Å². The van der Waals surface area contributed by atoms with Crippen LogP contribution in [-0.2, 0) is 0 Å². The van der Waals surface area contributed by atoms with Crippen molar-refractivity contribution in [3.63, 3.8) is 0 Å². The Kier molecular flexibility index (Phi) is 2.87. The number of nitrogens with one attached hydrogen (secondary N) is 1. The summed E-state index contributed by atoms with van der Waals surface area (Å²) in [6, 6.07) is 3.63. The summed E-state index contributed by atoms with van der Waals surface area (Å²) in [6.07, 6.45) is 4.82. The standard InChI is InChI=1S/C13H11Cl2NO/c14-10-5-9-7-17-13(12(9)11(15)6-10)8-1-3-16-4-2-8/h1,5-7,16H,2-4H2. The molecule has 3 rings (SSSR count). The van der Waals surface area contributed by atoms with Gasteiger partial charge in [0.05, 0.1) is 11.3 Å². The van der Waals surface area contributed by atoms with E-state index in [2.05, 4.69) is 11.4 Å². The predicted octanol–water partition coefficient (Wildman–Crippen LogP) is 4.12. The van der Waals surface area contributed by atoms with E-state index in [1.165, 1.54) is 5.57 Å². The predicted molar refractivity (Wildman–Crippen MR) is 71.7 cm³/mol. The highest BCUT2D eigenvalue weighted by molar-refractivity contribution is 6.39. The molecule has 1 aliphatic rings. The van der Waals surface area contributed by atoms with Crippen LogP contribution in [0, 0.1) is 0 Å². The van der Waals surface area contributed by atoms with Crippen molar-refractivity contribution in [2.24, 2.45) is 0 Å². The first-order valence-corrected chi connectivity index (χ1v) is 6.27. The zero-order chi connectivity index (χ0) is 11.8. The molecule has 17 heavy (non-hydrogen) atoms. The van der Waals surface area contributed by atoms with Crippen LogP contribution in [0.25, 0.3) is 16.3 Å². The Balaban J connectivity index is 2.20. The zero-order valence-corrected chi connectivity index (χ0v) is 10.6. The third-order valence-electron chi connectivity index (χ3n) is 2.97. The van der Waals surface area contributed by atoms with Crippen molar-refractivity contribution < 1.29 is 4.42 Å². The van der Waals surface area contributed by atoms with Gasteiger partial charge in [0, 0.05) is 22.3 Å². The van der Waals surface area contributed by atoms with Crippen LogP contribution < -0.4 is 5.32 Å². The fourth-order valence-corrected chi connectivity index (χ4v) is 2.77. The minimum Gasteiger partial charge on any atom is -0.463 e. The van der Waals surface area contributed by atoms with E-state index >= 15 is 0 Å². The summed E-state index contributed by atoms with van der Waals surface area (Å²) in [5.74, 6) is 0.878. The number of rotatable bonds is 1. The van der Waals surface area contributed by atoms with Gasteiger partial charge < -0.3 is 9.73 Å². The number of halogens is 2. The third kappa shape index (κ3) is 1.97.